The highest BCUT2D eigenvalue weighted by Crippen LogP contribution is 2.40. The smallest absolute Gasteiger partial charge is 0.134 e. The zero-order valence-electron chi connectivity index (χ0n) is 9.90. The molecule has 0 spiro atoms. The molecule has 86 valence electrons. The Morgan fingerprint density at radius 3 is 2.56 bits per heavy atom. The second-order valence-corrected chi connectivity index (χ2v) is 6.71. The molecular formula is C14H18OS. The molecule has 0 aliphatic heterocycles. The first-order valence-electron chi connectivity index (χ1n) is 5.79. The zero-order valence-corrected chi connectivity index (χ0v) is 10.7. The van der Waals surface area contributed by atoms with E-state index >= 15 is 0 Å². The average Bonchev–Trinajstić information content (AvgIpc) is 2.15. The van der Waals surface area contributed by atoms with E-state index in [1.54, 1.807) is 0 Å². The lowest BCUT2D eigenvalue weighted by Gasteiger charge is -2.33. The van der Waals surface area contributed by atoms with E-state index in [9.17, 15) is 4.79 Å². The van der Waals surface area contributed by atoms with Crippen LogP contribution < -0.4 is 0 Å². The monoisotopic (exact) mass is 234 g/mol. The van der Waals surface area contributed by atoms with Crippen LogP contribution in [0.15, 0.2) is 35.2 Å². The van der Waals surface area contributed by atoms with Gasteiger partial charge in [-0.1, -0.05) is 32.0 Å². The Bertz CT molecular complexity index is 370. The fraction of sp³-hybridized carbons (Fsp3) is 0.500. The number of ketones is 1. The summed E-state index contributed by atoms with van der Waals surface area (Å²) in [7, 11) is 0. The summed E-state index contributed by atoms with van der Waals surface area (Å²) in [6.07, 6.45) is 2.63. The van der Waals surface area contributed by atoms with E-state index in [0.29, 0.717) is 11.0 Å². The van der Waals surface area contributed by atoms with Gasteiger partial charge in [-0.2, -0.15) is 0 Å². The molecule has 1 aromatic rings. The molecule has 2 heteroatoms. The quantitative estimate of drug-likeness (QED) is 0.771. The molecule has 0 radical (unpaired) electrons. The van der Waals surface area contributed by atoms with Gasteiger partial charge in [0.1, 0.15) is 5.78 Å². The minimum absolute atomic E-state index is 0.182. The third-order valence-corrected chi connectivity index (χ3v) is 4.17. The molecule has 0 heterocycles. The molecule has 1 saturated carbocycles. The molecule has 0 amide bonds. The van der Waals surface area contributed by atoms with Crippen LogP contribution in [0.4, 0.5) is 0 Å². The van der Waals surface area contributed by atoms with Gasteiger partial charge in [-0.3, -0.25) is 4.79 Å². The maximum absolute atomic E-state index is 11.7. The molecule has 0 N–H and O–H groups in total. The Labute approximate surface area is 102 Å². The minimum Gasteiger partial charge on any atom is -0.300 e. The van der Waals surface area contributed by atoms with Crippen LogP contribution in [-0.4, -0.2) is 11.0 Å². The molecule has 1 aliphatic carbocycles. The third kappa shape index (κ3) is 3.11. The first kappa shape index (κ1) is 11.7. The van der Waals surface area contributed by atoms with Crippen LogP contribution in [0.3, 0.4) is 0 Å². The molecule has 2 rings (SSSR count). The molecular weight excluding hydrogens is 216 g/mol. The summed E-state index contributed by atoms with van der Waals surface area (Å²) in [6, 6.07) is 10.4. The van der Waals surface area contributed by atoms with Crippen LogP contribution in [-0.2, 0) is 4.79 Å². The van der Waals surface area contributed by atoms with Crippen LogP contribution in [0.5, 0.6) is 0 Å². The minimum atomic E-state index is 0.182. The maximum Gasteiger partial charge on any atom is 0.134 e. The third-order valence-electron chi connectivity index (χ3n) is 2.96. The van der Waals surface area contributed by atoms with E-state index in [-0.39, 0.29) is 5.41 Å². The van der Waals surface area contributed by atoms with Gasteiger partial charge in [-0.15, -0.1) is 11.8 Å². The van der Waals surface area contributed by atoms with Crippen molar-refractivity contribution < 1.29 is 4.79 Å². The van der Waals surface area contributed by atoms with Crippen molar-refractivity contribution in [2.45, 2.75) is 43.3 Å². The number of hydrogen-bond donors (Lipinski definition) is 0. The van der Waals surface area contributed by atoms with Gasteiger partial charge in [0.15, 0.2) is 0 Å². The summed E-state index contributed by atoms with van der Waals surface area (Å²) in [5.41, 5.74) is 0.182. The van der Waals surface area contributed by atoms with Gasteiger partial charge in [0.25, 0.3) is 0 Å². The number of carbonyl (C=O) groups excluding carboxylic acids is 1. The fourth-order valence-corrected chi connectivity index (χ4v) is 3.90. The van der Waals surface area contributed by atoms with Crippen LogP contribution in [0.25, 0.3) is 0 Å². The summed E-state index contributed by atoms with van der Waals surface area (Å²) < 4.78 is 0. The van der Waals surface area contributed by atoms with Gasteiger partial charge in [-0.05, 0) is 24.0 Å². The van der Waals surface area contributed by atoms with E-state index in [1.165, 1.54) is 4.90 Å². The molecule has 1 aliphatic rings. The molecule has 16 heavy (non-hydrogen) atoms. The second kappa shape index (κ2) is 4.62. The predicted molar refractivity (Wildman–Crippen MR) is 68.7 cm³/mol. The average molecular weight is 234 g/mol. The van der Waals surface area contributed by atoms with Crippen LogP contribution in [0.1, 0.15) is 33.1 Å². The first-order valence-corrected chi connectivity index (χ1v) is 6.66. The highest BCUT2D eigenvalue weighted by molar-refractivity contribution is 8.00. The molecule has 0 saturated heterocycles. The van der Waals surface area contributed by atoms with E-state index in [4.69, 9.17) is 0 Å². The summed E-state index contributed by atoms with van der Waals surface area (Å²) in [5.74, 6) is 0.421. The Morgan fingerprint density at radius 1 is 1.25 bits per heavy atom. The van der Waals surface area contributed by atoms with Crippen molar-refractivity contribution in [3.8, 4) is 0 Å². The predicted octanol–water partition coefficient (Wildman–Crippen LogP) is 3.93. The number of Topliss-reactive ketones (excluding diaryl/α,β-unsaturated/α-hetero) is 1. The van der Waals surface area contributed by atoms with Crippen molar-refractivity contribution in [2.75, 3.05) is 0 Å². The lowest BCUT2D eigenvalue weighted by Crippen LogP contribution is -2.30. The number of thioether (sulfide) groups is 1. The van der Waals surface area contributed by atoms with Crippen LogP contribution in [0, 0.1) is 5.41 Å². The standard InChI is InChI=1S/C14H18OS/c1-14(2)9-11(15)8-13(10-14)16-12-6-4-3-5-7-12/h3-7,13H,8-10H2,1-2H3. The molecule has 0 bridgehead atoms. The lowest BCUT2D eigenvalue weighted by molar-refractivity contribution is -0.122. The van der Waals surface area contributed by atoms with Gasteiger partial charge in [0, 0.05) is 23.0 Å². The molecule has 0 aromatic heterocycles. The van der Waals surface area contributed by atoms with Crippen LogP contribution in [0.2, 0.25) is 0 Å². The zero-order chi connectivity index (χ0) is 11.6. The van der Waals surface area contributed by atoms with E-state index in [0.717, 1.165) is 19.3 Å². The Hall–Kier alpha value is -0.760. The van der Waals surface area contributed by atoms with Gasteiger partial charge < -0.3 is 0 Å². The summed E-state index contributed by atoms with van der Waals surface area (Å²) in [4.78, 5) is 12.9. The Morgan fingerprint density at radius 2 is 1.94 bits per heavy atom. The van der Waals surface area contributed by atoms with E-state index in [1.807, 2.05) is 17.8 Å². The summed E-state index contributed by atoms with van der Waals surface area (Å²) in [6.45, 7) is 4.39. The van der Waals surface area contributed by atoms with Gasteiger partial charge in [0.2, 0.25) is 0 Å². The highest BCUT2D eigenvalue weighted by atomic mass is 32.2. The summed E-state index contributed by atoms with van der Waals surface area (Å²) in [5, 5.41) is 0.457. The molecule has 1 nitrogen and oxygen atoms in total. The normalized spacial score (nSPS) is 24.4. The SMILES string of the molecule is CC1(C)CC(=O)CC(Sc2ccccc2)C1. The fourth-order valence-electron chi connectivity index (χ4n) is 2.40. The van der Waals surface area contributed by atoms with Gasteiger partial charge >= 0.3 is 0 Å². The van der Waals surface area contributed by atoms with Crippen molar-refractivity contribution in [3.63, 3.8) is 0 Å². The number of carbonyl (C=O) groups is 1. The van der Waals surface area contributed by atoms with E-state index in [2.05, 4.69) is 38.1 Å². The molecule has 1 atom stereocenters. The maximum atomic E-state index is 11.7. The molecule has 1 aromatic carbocycles. The van der Waals surface area contributed by atoms with E-state index < -0.39 is 0 Å². The molecule has 1 fully saturated rings. The first-order chi connectivity index (χ1) is 7.55. The lowest BCUT2D eigenvalue weighted by atomic mass is 9.77. The largest absolute Gasteiger partial charge is 0.300 e. The molecule has 1 unspecified atom stereocenters. The summed E-state index contributed by atoms with van der Waals surface area (Å²) >= 11 is 1.85. The number of benzene rings is 1. The number of rotatable bonds is 2. The van der Waals surface area contributed by atoms with Gasteiger partial charge in [-0.25, -0.2) is 0 Å². The van der Waals surface area contributed by atoms with Gasteiger partial charge in [0.05, 0.1) is 0 Å². The van der Waals surface area contributed by atoms with Crippen molar-refractivity contribution in [2.24, 2.45) is 5.41 Å². The highest BCUT2D eigenvalue weighted by Gasteiger charge is 2.33. The van der Waals surface area contributed by atoms with Crippen molar-refractivity contribution in [3.05, 3.63) is 30.3 Å². The number of hydrogen-bond acceptors (Lipinski definition) is 2. The Kier molecular flexibility index (Phi) is 3.38. The topological polar surface area (TPSA) is 17.1 Å². The Balaban J connectivity index is 2.03. The van der Waals surface area contributed by atoms with Crippen molar-refractivity contribution in [1.29, 1.82) is 0 Å². The van der Waals surface area contributed by atoms with Crippen molar-refractivity contribution in [1.82, 2.24) is 0 Å². The van der Waals surface area contributed by atoms with Crippen molar-refractivity contribution >= 4 is 17.5 Å². The second-order valence-electron chi connectivity index (χ2n) is 5.34. The van der Waals surface area contributed by atoms with Crippen LogP contribution >= 0.6 is 11.8 Å².